The quantitative estimate of drug-likeness (QED) is 0.745. The minimum atomic E-state index is -4.46. The third-order valence-electron chi connectivity index (χ3n) is 3.04. The molecule has 0 aliphatic carbocycles. The molecule has 7 heteroatoms. The summed E-state index contributed by atoms with van der Waals surface area (Å²) in [5.41, 5.74) is -0.344. The average molecular weight is 290 g/mol. The Labute approximate surface area is 113 Å². The molecule has 3 nitrogen and oxygen atoms in total. The molecule has 0 N–H and O–H groups in total. The first-order valence-corrected chi connectivity index (χ1v) is 6.06. The van der Waals surface area contributed by atoms with Gasteiger partial charge in [-0.25, -0.2) is 0 Å². The largest absolute Gasteiger partial charge is 0.417 e. The summed E-state index contributed by atoms with van der Waals surface area (Å²) < 4.78 is 38.3. The molecule has 19 heavy (non-hydrogen) atoms. The summed E-state index contributed by atoms with van der Waals surface area (Å²) >= 11 is 5.58. The van der Waals surface area contributed by atoms with E-state index in [0.717, 1.165) is 6.07 Å². The molecule has 1 fully saturated rings. The van der Waals surface area contributed by atoms with Crippen LogP contribution in [0.5, 0.6) is 0 Å². The van der Waals surface area contributed by atoms with Gasteiger partial charge in [0.05, 0.1) is 10.6 Å². The summed E-state index contributed by atoms with van der Waals surface area (Å²) in [4.78, 5) is 3.40. The smallest absolute Gasteiger partial charge is 0.368 e. The van der Waals surface area contributed by atoms with Crippen molar-refractivity contribution < 1.29 is 13.2 Å². The Hall–Kier alpha value is -1.61. The number of benzene rings is 1. The predicted molar refractivity (Wildman–Crippen MR) is 65.9 cm³/mol. The van der Waals surface area contributed by atoms with E-state index in [4.69, 9.17) is 16.9 Å². The average Bonchev–Trinajstić information content (AvgIpc) is 2.38. The summed E-state index contributed by atoms with van der Waals surface area (Å²) in [6, 6.07) is 3.89. The summed E-state index contributed by atoms with van der Waals surface area (Å²) in [5.74, 6) is 0. The van der Waals surface area contributed by atoms with Crippen LogP contribution >= 0.6 is 11.6 Å². The molecule has 1 aliphatic heterocycles. The van der Waals surface area contributed by atoms with Gasteiger partial charge in [0.2, 0.25) is 0 Å². The maximum absolute atomic E-state index is 12.8. The Kier molecular flexibility index (Phi) is 3.76. The van der Waals surface area contributed by atoms with E-state index >= 15 is 0 Å². The first-order valence-electron chi connectivity index (χ1n) is 5.68. The Morgan fingerprint density at radius 1 is 1.16 bits per heavy atom. The van der Waals surface area contributed by atoms with Crippen LogP contribution in [0.4, 0.5) is 18.9 Å². The number of rotatable bonds is 1. The molecule has 0 aromatic heterocycles. The number of nitrogens with zero attached hydrogens (tertiary/aromatic N) is 3. The van der Waals surface area contributed by atoms with E-state index in [2.05, 4.69) is 0 Å². The van der Waals surface area contributed by atoms with Crippen molar-refractivity contribution in [3.8, 4) is 6.19 Å². The van der Waals surface area contributed by atoms with Crippen molar-refractivity contribution >= 4 is 17.3 Å². The van der Waals surface area contributed by atoms with E-state index in [9.17, 15) is 13.2 Å². The van der Waals surface area contributed by atoms with Crippen molar-refractivity contribution in [2.24, 2.45) is 0 Å². The molecule has 1 saturated heterocycles. The maximum atomic E-state index is 12.8. The van der Waals surface area contributed by atoms with E-state index in [0.29, 0.717) is 31.9 Å². The van der Waals surface area contributed by atoms with Gasteiger partial charge in [-0.3, -0.25) is 0 Å². The molecule has 0 radical (unpaired) electrons. The molecule has 1 heterocycles. The predicted octanol–water partition coefficient (Wildman–Crippen LogP) is 2.96. The topological polar surface area (TPSA) is 30.3 Å². The molecule has 1 aromatic rings. The van der Waals surface area contributed by atoms with E-state index < -0.39 is 11.7 Å². The number of anilines is 1. The Morgan fingerprint density at radius 2 is 1.79 bits per heavy atom. The highest BCUT2D eigenvalue weighted by Gasteiger charge is 2.34. The summed E-state index contributed by atoms with van der Waals surface area (Å²) in [6.07, 6.45) is -2.43. The van der Waals surface area contributed by atoms with Gasteiger partial charge < -0.3 is 9.80 Å². The SMILES string of the molecule is N#CN1CCN(c2ccc(Cl)c(C(F)(F)F)c2)CC1. The fourth-order valence-corrected chi connectivity index (χ4v) is 2.22. The molecule has 0 bridgehead atoms. The number of nitriles is 1. The van der Waals surface area contributed by atoms with E-state index in [1.54, 1.807) is 11.0 Å². The highest BCUT2D eigenvalue weighted by atomic mass is 35.5. The third kappa shape index (κ3) is 3.04. The van der Waals surface area contributed by atoms with Crippen LogP contribution in [0.15, 0.2) is 18.2 Å². The van der Waals surface area contributed by atoms with Crippen molar-refractivity contribution in [3.63, 3.8) is 0 Å². The van der Waals surface area contributed by atoms with Crippen molar-refractivity contribution in [2.75, 3.05) is 31.1 Å². The molecule has 2 rings (SSSR count). The van der Waals surface area contributed by atoms with E-state index in [-0.39, 0.29) is 5.02 Å². The summed E-state index contributed by atoms with van der Waals surface area (Å²) in [6.45, 7) is 2.07. The second-order valence-electron chi connectivity index (χ2n) is 4.24. The Balaban J connectivity index is 2.21. The molecule has 1 aliphatic rings. The lowest BCUT2D eigenvalue weighted by molar-refractivity contribution is -0.137. The zero-order chi connectivity index (χ0) is 14.0. The van der Waals surface area contributed by atoms with Gasteiger partial charge in [0.25, 0.3) is 0 Å². The van der Waals surface area contributed by atoms with Crippen LogP contribution in [0.2, 0.25) is 5.02 Å². The van der Waals surface area contributed by atoms with Crippen LogP contribution in [-0.4, -0.2) is 31.1 Å². The molecule has 0 unspecified atom stereocenters. The summed E-state index contributed by atoms with van der Waals surface area (Å²) in [5, 5.41) is 8.43. The summed E-state index contributed by atoms with van der Waals surface area (Å²) in [7, 11) is 0. The molecule has 0 saturated carbocycles. The number of piperazine rings is 1. The van der Waals surface area contributed by atoms with Crippen LogP contribution in [0.1, 0.15) is 5.56 Å². The molecule has 0 amide bonds. The van der Waals surface area contributed by atoms with E-state index in [1.807, 2.05) is 11.1 Å². The van der Waals surface area contributed by atoms with Gasteiger partial charge in [0.1, 0.15) is 0 Å². The maximum Gasteiger partial charge on any atom is 0.417 e. The Morgan fingerprint density at radius 3 is 2.32 bits per heavy atom. The van der Waals surface area contributed by atoms with Crippen molar-refractivity contribution in [3.05, 3.63) is 28.8 Å². The van der Waals surface area contributed by atoms with Gasteiger partial charge in [-0.15, -0.1) is 0 Å². The second-order valence-corrected chi connectivity index (χ2v) is 4.64. The van der Waals surface area contributed by atoms with E-state index in [1.165, 1.54) is 6.07 Å². The molecular formula is C12H11ClF3N3. The Bertz CT molecular complexity index is 502. The van der Waals surface area contributed by atoms with Crippen LogP contribution in [0.25, 0.3) is 0 Å². The van der Waals surface area contributed by atoms with Crippen LogP contribution in [-0.2, 0) is 6.18 Å². The van der Waals surface area contributed by atoms with Gasteiger partial charge >= 0.3 is 6.18 Å². The van der Waals surface area contributed by atoms with Crippen molar-refractivity contribution in [1.82, 2.24) is 4.90 Å². The fourth-order valence-electron chi connectivity index (χ4n) is 1.99. The van der Waals surface area contributed by atoms with Gasteiger partial charge in [0.15, 0.2) is 6.19 Å². The van der Waals surface area contributed by atoms with Gasteiger partial charge in [0, 0.05) is 31.9 Å². The number of hydrogen-bond acceptors (Lipinski definition) is 3. The standard InChI is InChI=1S/C12H11ClF3N3/c13-11-2-1-9(7-10(11)12(14,15)16)19-5-3-18(8-17)4-6-19/h1-2,7H,3-6H2. The fraction of sp³-hybridized carbons (Fsp3) is 0.417. The minimum Gasteiger partial charge on any atom is -0.368 e. The lowest BCUT2D eigenvalue weighted by Crippen LogP contribution is -2.44. The van der Waals surface area contributed by atoms with Crippen LogP contribution in [0.3, 0.4) is 0 Å². The molecular weight excluding hydrogens is 279 g/mol. The molecule has 102 valence electrons. The first-order chi connectivity index (χ1) is 8.91. The number of hydrogen-bond donors (Lipinski definition) is 0. The monoisotopic (exact) mass is 289 g/mol. The lowest BCUT2D eigenvalue weighted by Gasteiger charge is -2.33. The van der Waals surface area contributed by atoms with Crippen molar-refractivity contribution in [1.29, 1.82) is 5.26 Å². The van der Waals surface area contributed by atoms with Gasteiger partial charge in [-0.2, -0.15) is 18.4 Å². The van der Waals surface area contributed by atoms with Crippen molar-refractivity contribution in [2.45, 2.75) is 6.18 Å². The highest BCUT2D eigenvalue weighted by molar-refractivity contribution is 6.31. The van der Waals surface area contributed by atoms with Crippen LogP contribution in [0, 0.1) is 11.5 Å². The second kappa shape index (κ2) is 5.17. The minimum absolute atomic E-state index is 0.299. The number of halogens is 4. The molecule has 0 spiro atoms. The molecule has 1 aromatic carbocycles. The first kappa shape index (κ1) is 13.8. The zero-order valence-corrected chi connectivity index (χ0v) is 10.7. The number of alkyl halides is 3. The normalized spacial score (nSPS) is 16.4. The zero-order valence-electron chi connectivity index (χ0n) is 9.91. The highest BCUT2D eigenvalue weighted by Crippen LogP contribution is 2.37. The molecule has 0 atom stereocenters. The third-order valence-corrected chi connectivity index (χ3v) is 3.37. The lowest BCUT2D eigenvalue weighted by atomic mass is 10.1. The van der Waals surface area contributed by atoms with Gasteiger partial charge in [-0.1, -0.05) is 11.6 Å². The van der Waals surface area contributed by atoms with Gasteiger partial charge in [-0.05, 0) is 18.2 Å². The van der Waals surface area contributed by atoms with Crippen LogP contribution < -0.4 is 4.90 Å².